The van der Waals surface area contributed by atoms with Crippen molar-refractivity contribution in [1.82, 2.24) is 10.2 Å². The predicted molar refractivity (Wildman–Crippen MR) is 92.5 cm³/mol. The number of hydrogen-bond donors (Lipinski definition) is 1. The summed E-state index contributed by atoms with van der Waals surface area (Å²) in [6, 6.07) is 14.5. The zero-order valence-corrected chi connectivity index (χ0v) is 14.2. The lowest BCUT2D eigenvalue weighted by atomic mass is 10.2. The summed E-state index contributed by atoms with van der Waals surface area (Å²) >= 11 is 10.5. The van der Waals surface area contributed by atoms with Crippen molar-refractivity contribution in [2.45, 2.75) is 0 Å². The summed E-state index contributed by atoms with van der Waals surface area (Å²) in [6.07, 6.45) is 0. The maximum atomic E-state index is 12.2. The summed E-state index contributed by atoms with van der Waals surface area (Å²) in [5.74, 6) is -0.230. The molecule has 0 aliphatic carbocycles. The average Bonchev–Trinajstić information content (AvgIpc) is 2.97. The van der Waals surface area contributed by atoms with Gasteiger partial charge in [0, 0.05) is 15.1 Å². The van der Waals surface area contributed by atoms with Crippen LogP contribution in [0.5, 0.6) is 0 Å². The number of carbonyl (C=O) groups is 1. The van der Waals surface area contributed by atoms with E-state index in [1.165, 1.54) is 11.3 Å². The maximum Gasteiger partial charge on any atom is 0.258 e. The van der Waals surface area contributed by atoms with Crippen molar-refractivity contribution >= 4 is 49.9 Å². The molecule has 7 heteroatoms. The van der Waals surface area contributed by atoms with Crippen molar-refractivity contribution < 1.29 is 4.79 Å². The minimum atomic E-state index is -0.230. The number of nitrogens with one attached hydrogen (secondary N) is 1. The predicted octanol–water partition coefficient (Wildman–Crippen LogP) is 4.87. The number of nitrogens with zero attached hydrogens (tertiary/aromatic N) is 2. The Morgan fingerprint density at radius 3 is 2.55 bits per heavy atom. The molecule has 1 amide bonds. The first-order valence-corrected chi connectivity index (χ1v) is 8.27. The van der Waals surface area contributed by atoms with Crippen LogP contribution in [0.25, 0.3) is 10.6 Å². The van der Waals surface area contributed by atoms with Crippen LogP contribution in [0.2, 0.25) is 5.02 Å². The van der Waals surface area contributed by atoms with E-state index in [0.29, 0.717) is 15.7 Å². The summed E-state index contributed by atoms with van der Waals surface area (Å²) in [5, 5.41) is 12.7. The van der Waals surface area contributed by atoms with Gasteiger partial charge in [0.15, 0.2) is 0 Å². The Hall–Kier alpha value is -1.76. The Morgan fingerprint density at radius 1 is 1.09 bits per heavy atom. The number of rotatable bonds is 3. The third kappa shape index (κ3) is 3.35. The van der Waals surface area contributed by atoms with Crippen LogP contribution >= 0.6 is 38.9 Å². The molecule has 0 radical (unpaired) electrons. The second kappa shape index (κ2) is 6.56. The number of benzene rings is 2. The van der Waals surface area contributed by atoms with E-state index >= 15 is 0 Å². The summed E-state index contributed by atoms with van der Waals surface area (Å²) in [5.41, 5.74) is 1.45. The molecule has 0 aliphatic heterocycles. The average molecular weight is 395 g/mol. The van der Waals surface area contributed by atoms with Crippen LogP contribution in [0.1, 0.15) is 10.4 Å². The molecule has 3 aromatic rings. The van der Waals surface area contributed by atoms with E-state index in [4.69, 9.17) is 11.6 Å². The van der Waals surface area contributed by atoms with Crippen molar-refractivity contribution in [3.05, 3.63) is 63.6 Å². The van der Waals surface area contributed by atoms with Gasteiger partial charge in [-0.25, -0.2) is 0 Å². The van der Waals surface area contributed by atoms with Crippen LogP contribution in [0, 0.1) is 0 Å². The number of anilines is 1. The number of aromatic nitrogens is 2. The Kier molecular flexibility index (Phi) is 4.52. The molecule has 3 rings (SSSR count). The smallest absolute Gasteiger partial charge is 0.258 e. The SMILES string of the molecule is O=C(Nc1nnc(-c2ccc(Cl)cc2)s1)c1ccccc1Br. The highest BCUT2D eigenvalue weighted by Gasteiger charge is 2.13. The molecule has 0 aliphatic rings. The third-order valence-electron chi connectivity index (χ3n) is 2.86. The molecule has 1 aromatic heterocycles. The minimum absolute atomic E-state index is 0.230. The van der Waals surface area contributed by atoms with Crippen molar-refractivity contribution in [3.63, 3.8) is 0 Å². The van der Waals surface area contributed by atoms with Gasteiger partial charge in [0.2, 0.25) is 5.13 Å². The van der Waals surface area contributed by atoms with Gasteiger partial charge < -0.3 is 0 Å². The van der Waals surface area contributed by atoms with Crippen molar-refractivity contribution in [1.29, 1.82) is 0 Å². The van der Waals surface area contributed by atoms with Gasteiger partial charge in [0.1, 0.15) is 5.01 Å². The molecule has 4 nitrogen and oxygen atoms in total. The van der Waals surface area contributed by atoms with Gasteiger partial charge in [-0.15, -0.1) is 10.2 Å². The molecule has 0 unspecified atom stereocenters. The topological polar surface area (TPSA) is 54.9 Å². The lowest BCUT2D eigenvalue weighted by Gasteiger charge is -2.02. The molecule has 0 saturated heterocycles. The van der Waals surface area contributed by atoms with Gasteiger partial charge >= 0.3 is 0 Å². The number of amides is 1. The van der Waals surface area contributed by atoms with Crippen LogP contribution in [-0.2, 0) is 0 Å². The molecule has 2 aromatic carbocycles. The van der Waals surface area contributed by atoms with Gasteiger partial charge in [-0.05, 0) is 40.2 Å². The number of halogens is 2. The number of hydrogen-bond acceptors (Lipinski definition) is 4. The Bertz CT molecular complexity index is 820. The Morgan fingerprint density at radius 2 is 1.82 bits per heavy atom. The summed E-state index contributed by atoms with van der Waals surface area (Å²) in [7, 11) is 0. The Balaban J connectivity index is 1.78. The molecule has 1 heterocycles. The van der Waals surface area contributed by atoms with Crippen LogP contribution in [0.3, 0.4) is 0 Å². The van der Waals surface area contributed by atoms with E-state index in [2.05, 4.69) is 31.4 Å². The Labute approximate surface area is 144 Å². The fourth-order valence-corrected chi connectivity index (χ4v) is 3.13. The van der Waals surface area contributed by atoms with Crippen LogP contribution < -0.4 is 5.32 Å². The summed E-state index contributed by atoms with van der Waals surface area (Å²) < 4.78 is 0.731. The first kappa shape index (κ1) is 15.1. The van der Waals surface area contributed by atoms with Crippen molar-refractivity contribution in [2.75, 3.05) is 5.32 Å². The van der Waals surface area contributed by atoms with Crippen molar-refractivity contribution in [3.8, 4) is 10.6 Å². The molecule has 0 atom stereocenters. The lowest BCUT2D eigenvalue weighted by molar-refractivity contribution is 0.102. The molecule has 110 valence electrons. The largest absolute Gasteiger partial charge is 0.296 e. The highest BCUT2D eigenvalue weighted by atomic mass is 79.9. The fraction of sp³-hybridized carbons (Fsp3) is 0. The van der Waals surface area contributed by atoms with Gasteiger partial charge in [0.25, 0.3) is 5.91 Å². The quantitative estimate of drug-likeness (QED) is 0.689. The van der Waals surface area contributed by atoms with Crippen LogP contribution in [0.4, 0.5) is 5.13 Å². The fourth-order valence-electron chi connectivity index (χ4n) is 1.79. The molecule has 0 saturated carbocycles. The summed E-state index contributed by atoms with van der Waals surface area (Å²) in [4.78, 5) is 12.2. The maximum absolute atomic E-state index is 12.2. The van der Waals surface area contributed by atoms with Gasteiger partial charge in [-0.1, -0.05) is 47.2 Å². The second-order valence-electron chi connectivity index (χ2n) is 4.35. The first-order valence-electron chi connectivity index (χ1n) is 6.29. The number of carbonyl (C=O) groups excluding carboxylic acids is 1. The molecule has 0 spiro atoms. The van der Waals surface area contributed by atoms with Gasteiger partial charge in [-0.3, -0.25) is 10.1 Å². The molecule has 1 N–H and O–H groups in total. The van der Waals surface area contributed by atoms with Crippen LogP contribution in [0.15, 0.2) is 53.0 Å². The second-order valence-corrected chi connectivity index (χ2v) is 6.62. The van der Waals surface area contributed by atoms with Gasteiger partial charge in [-0.2, -0.15) is 0 Å². The molecular formula is C15H9BrClN3OS. The third-order valence-corrected chi connectivity index (χ3v) is 4.69. The van der Waals surface area contributed by atoms with E-state index in [9.17, 15) is 4.79 Å². The summed E-state index contributed by atoms with van der Waals surface area (Å²) in [6.45, 7) is 0. The lowest BCUT2D eigenvalue weighted by Crippen LogP contribution is -2.12. The molecular weight excluding hydrogens is 386 g/mol. The first-order chi connectivity index (χ1) is 10.6. The minimum Gasteiger partial charge on any atom is -0.296 e. The molecule has 0 fully saturated rings. The zero-order chi connectivity index (χ0) is 15.5. The monoisotopic (exact) mass is 393 g/mol. The highest BCUT2D eigenvalue weighted by molar-refractivity contribution is 9.10. The van der Waals surface area contributed by atoms with Gasteiger partial charge in [0.05, 0.1) is 5.56 Å². The molecule has 22 heavy (non-hydrogen) atoms. The van der Waals surface area contributed by atoms with E-state index in [0.717, 1.165) is 15.0 Å². The standard InChI is InChI=1S/C15H9BrClN3OS/c16-12-4-2-1-3-11(12)13(21)18-15-20-19-14(22-15)9-5-7-10(17)8-6-9/h1-8H,(H,18,20,21). The van der Waals surface area contributed by atoms with E-state index in [1.54, 1.807) is 24.3 Å². The molecule has 0 bridgehead atoms. The highest BCUT2D eigenvalue weighted by Crippen LogP contribution is 2.28. The van der Waals surface area contributed by atoms with Crippen molar-refractivity contribution in [2.24, 2.45) is 0 Å². The van der Waals surface area contributed by atoms with E-state index in [-0.39, 0.29) is 5.91 Å². The van der Waals surface area contributed by atoms with E-state index in [1.807, 2.05) is 24.3 Å². The normalized spacial score (nSPS) is 10.5. The zero-order valence-electron chi connectivity index (χ0n) is 11.1. The van der Waals surface area contributed by atoms with E-state index < -0.39 is 0 Å². The van der Waals surface area contributed by atoms with Crippen LogP contribution in [-0.4, -0.2) is 16.1 Å².